The number of thiazole rings is 2. The Kier molecular flexibility index (Phi) is 4.21. The fourth-order valence-electron chi connectivity index (χ4n) is 2.30. The van der Waals surface area contributed by atoms with Crippen LogP contribution in [0.5, 0.6) is 0 Å². The third-order valence-corrected chi connectivity index (χ3v) is 5.54. The van der Waals surface area contributed by atoms with Crippen molar-refractivity contribution in [2.45, 2.75) is 13.8 Å². The third kappa shape index (κ3) is 3.40. The van der Waals surface area contributed by atoms with Crippen LogP contribution in [-0.2, 0) is 0 Å². The smallest absolute Gasteiger partial charge is 0.229 e. The minimum absolute atomic E-state index is 0.530. The van der Waals surface area contributed by atoms with E-state index in [1.165, 1.54) is 11.3 Å². The van der Waals surface area contributed by atoms with E-state index in [1.807, 2.05) is 43.6 Å². The van der Waals surface area contributed by atoms with E-state index in [2.05, 4.69) is 30.2 Å². The van der Waals surface area contributed by atoms with Gasteiger partial charge in [0.25, 0.3) is 0 Å². The van der Waals surface area contributed by atoms with Crippen molar-refractivity contribution < 1.29 is 0 Å². The Balaban J connectivity index is 1.66. The van der Waals surface area contributed by atoms with E-state index < -0.39 is 0 Å². The zero-order valence-electron chi connectivity index (χ0n) is 13.6. The van der Waals surface area contributed by atoms with Crippen LogP contribution in [0.4, 0.5) is 11.1 Å². The normalized spacial score (nSPS) is 10.8. The maximum atomic E-state index is 4.66. The average Bonchev–Trinajstić information content (AvgIpc) is 3.21. The monoisotopic (exact) mass is 366 g/mol. The van der Waals surface area contributed by atoms with Gasteiger partial charge < -0.3 is 5.32 Å². The molecule has 4 rings (SSSR count). The summed E-state index contributed by atoms with van der Waals surface area (Å²) in [7, 11) is 0. The summed E-state index contributed by atoms with van der Waals surface area (Å²) in [5.41, 5.74) is 3.77. The zero-order valence-corrected chi connectivity index (χ0v) is 15.2. The van der Waals surface area contributed by atoms with Gasteiger partial charge in [-0.1, -0.05) is 0 Å². The van der Waals surface area contributed by atoms with Crippen molar-refractivity contribution in [3.63, 3.8) is 0 Å². The first-order chi connectivity index (χ1) is 12.2. The van der Waals surface area contributed by atoms with Crippen LogP contribution in [0.25, 0.3) is 21.1 Å². The molecule has 6 nitrogen and oxygen atoms in total. The van der Waals surface area contributed by atoms with Crippen LogP contribution in [-0.4, -0.2) is 24.9 Å². The first kappa shape index (κ1) is 15.8. The number of aryl methyl sites for hydroxylation is 2. The Labute approximate surface area is 152 Å². The summed E-state index contributed by atoms with van der Waals surface area (Å²) in [6, 6.07) is 5.81. The quantitative estimate of drug-likeness (QED) is 0.574. The van der Waals surface area contributed by atoms with Gasteiger partial charge in [-0.25, -0.2) is 19.9 Å². The molecule has 0 saturated carbocycles. The first-order valence-electron chi connectivity index (χ1n) is 7.59. The number of hydrogen-bond acceptors (Lipinski definition) is 8. The predicted molar refractivity (Wildman–Crippen MR) is 101 cm³/mol. The molecule has 1 N–H and O–H groups in total. The largest absolute Gasteiger partial charge is 0.300 e. The lowest BCUT2D eigenvalue weighted by Crippen LogP contribution is -1.97. The van der Waals surface area contributed by atoms with E-state index in [1.54, 1.807) is 23.7 Å². The maximum Gasteiger partial charge on any atom is 0.229 e. The van der Waals surface area contributed by atoms with Crippen molar-refractivity contribution in [1.29, 1.82) is 0 Å². The Morgan fingerprint density at radius 2 is 1.96 bits per heavy atom. The van der Waals surface area contributed by atoms with Gasteiger partial charge in [0.2, 0.25) is 5.95 Å². The SMILES string of the molecule is Cc1csc(Nc2nccc(-c3sc(-c4cccnc4)nc3C)n2)n1. The molecule has 0 saturated heterocycles. The van der Waals surface area contributed by atoms with Gasteiger partial charge in [0, 0.05) is 29.5 Å². The lowest BCUT2D eigenvalue weighted by atomic mass is 10.3. The summed E-state index contributed by atoms with van der Waals surface area (Å²) in [5, 5.41) is 6.86. The van der Waals surface area contributed by atoms with Crippen LogP contribution in [0.3, 0.4) is 0 Å². The average molecular weight is 366 g/mol. The van der Waals surface area contributed by atoms with Crippen LogP contribution in [0.1, 0.15) is 11.4 Å². The molecule has 0 fully saturated rings. The number of aromatic nitrogens is 5. The minimum atomic E-state index is 0.530. The van der Waals surface area contributed by atoms with Crippen molar-refractivity contribution >= 4 is 33.8 Å². The molecule has 25 heavy (non-hydrogen) atoms. The highest BCUT2D eigenvalue weighted by molar-refractivity contribution is 7.18. The van der Waals surface area contributed by atoms with Crippen LogP contribution >= 0.6 is 22.7 Å². The number of rotatable bonds is 4. The summed E-state index contributed by atoms with van der Waals surface area (Å²) >= 11 is 3.13. The van der Waals surface area contributed by atoms with Gasteiger partial charge in [-0.2, -0.15) is 0 Å². The van der Waals surface area contributed by atoms with Gasteiger partial charge in [0.05, 0.1) is 22.0 Å². The molecule has 0 bridgehead atoms. The molecule has 4 aromatic rings. The van der Waals surface area contributed by atoms with Gasteiger partial charge in [-0.15, -0.1) is 22.7 Å². The Bertz CT molecular complexity index is 1010. The predicted octanol–water partition coefficient (Wildman–Crippen LogP) is 4.48. The van der Waals surface area contributed by atoms with Crippen molar-refractivity contribution in [3.8, 4) is 21.1 Å². The molecule has 0 radical (unpaired) electrons. The second-order valence-electron chi connectivity index (χ2n) is 5.36. The standard InChI is InChI=1S/C17H14N6S2/c1-10-9-24-17(20-10)23-16-19-7-5-13(22-16)14-11(2)21-15(25-14)12-4-3-6-18-8-12/h3-9H,1-2H3,(H,19,20,22,23). The summed E-state index contributed by atoms with van der Waals surface area (Å²) < 4.78 is 0. The summed E-state index contributed by atoms with van der Waals surface area (Å²) in [6.45, 7) is 3.95. The molecule has 4 heterocycles. The summed E-state index contributed by atoms with van der Waals surface area (Å²) in [4.78, 5) is 23.1. The number of pyridine rings is 1. The van der Waals surface area contributed by atoms with Crippen molar-refractivity contribution in [3.05, 3.63) is 53.6 Å². The number of nitrogens with one attached hydrogen (secondary N) is 1. The van der Waals surface area contributed by atoms with E-state index >= 15 is 0 Å². The van der Waals surface area contributed by atoms with Crippen LogP contribution in [0.2, 0.25) is 0 Å². The van der Waals surface area contributed by atoms with Gasteiger partial charge in [0.15, 0.2) is 5.13 Å². The fraction of sp³-hybridized carbons (Fsp3) is 0.118. The van der Waals surface area contributed by atoms with Gasteiger partial charge in [-0.05, 0) is 32.0 Å². The highest BCUT2D eigenvalue weighted by Crippen LogP contribution is 2.34. The molecule has 4 aromatic heterocycles. The van der Waals surface area contributed by atoms with Gasteiger partial charge in [0.1, 0.15) is 5.01 Å². The second kappa shape index (κ2) is 6.66. The van der Waals surface area contributed by atoms with E-state index in [-0.39, 0.29) is 0 Å². The molecule has 0 aromatic carbocycles. The molecule has 0 spiro atoms. The number of anilines is 2. The van der Waals surface area contributed by atoms with Crippen LogP contribution < -0.4 is 5.32 Å². The van der Waals surface area contributed by atoms with Crippen molar-refractivity contribution in [2.24, 2.45) is 0 Å². The van der Waals surface area contributed by atoms with E-state index in [0.29, 0.717) is 5.95 Å². The molecule has 0 aliphatic rings. The van der Waals surface area contributed by atoms with Crippen molar-refractivity contribution in [2.75, 3.05) is 5.32 Å². The van der Waals surface area contributed by atoms with E-state index in [9.17, 15) is 0 Å². The lowest BCUT2D eigenvalue weighted by Gasteiger charge is -2.03. The van der Waals surface area contributed by atoms with Gasteiger partial charge >= 0.3 is 0 Å². The summed E-state index contributed by atoms with van der Waals surface area (Å²) in [5.74, 6) is 0.530. The first-order valence-corrected chi connectivity index (χ1v) is 9.29. The molecule has 0 amide bonds. The molecule has 0 aliphatic heterocycles. The molecule has 0 atom stereocenters. The van der Waals surface area contributed by atoms with Gasteiger partial charge in [-0.3, -0.25) is 4.98 Å². The zero-order chi connectivity index (χ0) is 17.2. The molecule has 0 aliphatic carbocycles. The third-order valence-electron chi connectivity index (χ3n) is 3.43. The lowest BCUT2D eigenvalue weighted by molar-refractivity contribution is 1.15. The number of nitrogens with zero attached hydrogens (tertiary/aromatic N) is 5. The second-order valence-corrected chi connectivity index (χ2v) is 7.22. The Morgan fingerprint density at radius 3 is 2.72 bits per heavy atom. The van der Waals surface area contributed by atoms with Crippen molar-refractivity contribution in [1.82, 2.24) is 24.9 Å². The van der Waals surface area contributed by atoms with E-state index in [4.69, 9.17) is 0 Å². The summed E-state index contributed by atoms with van der Waals surface area (Å²) in [6.07, 6.45) is 5.32. The molecular formula is C17H14N6S2. The maximum absolute atomic E-state index is 4.66. The molecule has 8 heteroatoms. The minimum Gasteiger partial charge on any atom is -0.300 e. The molecular weight excluding hydrogens is 352 g/mol. The van der Waals surface area contributed by atoms with Crippen LogP contribution in [0, 0.1) is 13.8 Å². The Hall–Kier alpha value is -2.71. The number of hydrogen-bond donors (Lipinski definition) is 1. The highest BCUT2D eigenvalue weighted by Gasteiger charge is 2.13. The molecule has 0 unspecified atom stereocenters. The molecule has 124 valence electrons. The fourth-order valence-corrected chi connectivity index (χ4v) is 4.01. The Morgan fingerprint density at radius 1 is 1.04 bits per heavy atom. The van der Waals surface area contributed by atoms with E-state index in [0.717, 1.165) is 37.7 Å². The topological polar surface area (TPSA) is 76.5 Å². The van der Waals surface area contributed by atoms with Crippen LogP contribution in [0.15, 0.2) is 42.2 Å². The highest BCUT2D eigenvalue weighted by atomic mass is 32.1.